The zero-order valence-corrected chi connectivity index (χ0v) is 10.7. The molecule has 0 N–H and O–H groups in total. The Morgan fingerprint density at radius 1 is 1.17 bits per heavy atom. The molecule has 12 heavy (non-hydrogen) atoms. The van der Waals surface area contributed by atoms with Gasteiger partial charge in [0.25, 0.3) is 0 Å². The van der Waals surface area contributed by atoms with Crippen LogP contribution >= 0.6 is 39.1 Å². The predicted molar refractivity (Wildman–Crippen MR) is 59.4 cm³/mol. The summed E-state index contributed by atoms with van der Waals surface area (Å²) >= 11 is 17.5. The molecule has 0 aliphatic carbocycles. The van der Waals surface area contributed by atoms with Crippen LogP contribution in [-0.2, 0) is 0 Å². The van der Waals surface area contributed by atoms with Gasteiger partial charge >= 0.3 is 98.4 Å². The van der Waals surface area contributed by atoms with Crippen LogP contribution in [0.4, 0.5) is 0 Å². The van der Waals surface area contributed by atoms with Gasteiger partial charge in [-0.2, -0.15) is 0 Å². The molecular weight excluding hydrogens is 326 g/mol. The molecule has 0 saturated heterocycles. The SMILES string of the molecule is Cl/C(Br)=C(\Cl)c1ccc([Se])cc1. The van der Waals surface area contributed by atoms with Crippen LogP contribution in [0, 0.1) is 0 Å². The van der Waals surface area contributed by atoms with Crippen molar-refractivity contribution < 1.29 is 0 Å². The number of rotatable bonds is 1. The van der Waals surface area contributed by atoms with Gasteiger partial charge in [0, 0.05) is 0 Å². The number of hydrogen-bond acceptors (Lipinski definition) is 0. The summed E-state index contributed by atoms with van der Waals surface area (Å²) in [6.07, 6.45) is 0. The van der Waals surface area contributed by atoms with Crippen molar-refractivity contribution in [2.75, 3.05) is 0 Å². The summed E-state index contributed by atoms with van der Waals surface area (Å²) in [5, 5.41) is 0.525. The first-order valence-electron chi connectivity index (χ1n) is 3.09. The van der Waals surface area contributed by atoms with Gasteiger partial charge in [-0.3, -0.25) is 0 Å². The van der Waals surface area contributed by atoms with Crippen molar-refractivity contribution in [3.05, 3.63) is 33.8 Å². The molecule has 0 heterocycles. The average molecular weight is 330 g/mol. The van der Waals surface area contributed by atoms with Crippen LogP contribution in [0.25, 0.3) is 5.03 Å². The summed E-state index contributed by atoms with van der Waals surface area (Å²) in [7, 11) is 0. The predicted octanol–water partition coefficient (Wildman–Crippen LogP) is 2.98. The Morgan fingerprint density at radius 2 is 1.67 bits per heavy atom. The standard InChI is InChI=1S/C8H4BrCl2Se/c9-8(11)7(10)5-1-3-6(12)4-2-5/h1-4H/b8-7-. The van der Waals surface area contributed by atoms with Gasteiger partial charge in [-0.25, -0.2) is 0 Å². The molecule has 0 aliphatic rings. The molecule has 1 aromatic rings. The van der Waals surface area contributed by atoms with Crippen LogP contribution < -0.4 is 4.46 Å². The Morgan fingerprint density at radius 3 is 2.08 bits per heavy atom. The monoisotopic (exact) mass is 329 g/mol. The molecule has 0 saturated carbocycles. The third-order valence-corrected chi connectivity index (χ3v) is 3.16. The van der Waals surface area contributed by atoms with E-state index >= 15 is 0 Å². The first-order valence-corrected chi connectivity index (χ1v) is 5.50. The summed E-state index contributed by atoms with van der Waals surface area (Å²) in [6.45, 7) is 0. The van der Waals surface area contributed by atoms with E-state index in [2.05, 4.69) is 31.9 Å². The van der Waals surface area contributed by atoms with Crippen LogP contribution in [-0.4, -0.2) is 16.0 Å². The zero-order chi connectivity index (χ0) is 9.14. The van der Waals surface area contributed by atoms with Gasteiger partial charge in [0.1, 0.15) is 0 Å². The molecule has 4 heteroatoms. The molecule has 1 radical (unpaired) electrons. The van der Waals surface area contributed by atoms with Gasteiger partial charge < -0.3 is 0 Å². The van der Waals surface area contributed by atoms with E-state index in [0.717, 1.165) is 10.0 Å². The number of benzene rings is 1. The molecule has 0 unspecified atom stereocenters. The molecule has 0 atom stereocenters. The summed E-state index contributed by atoms with van der Waals surface area (Å²) in [5.41, 5.74) is 0.901. The molecular formula is C8H4BrCl2Se. The Hall–Kier alpha value is 0.539. The number of hydrogen-bond donors (Lipinski definition) is 0. The van der Waals surface area contributed by atoms with Gasteiger partial charge in [0.15, 0.2) is 0 Å². The summed E-state index contributed by atoms with van der Waals surface area (Å²) in [6, 6.07) is 7.67. The molecule has 0 bridgehead atoms. The van der Waals surface area contributed by atoms with E-state index in [4.69, 9.17) is 23.2 Å². The maximum atomic E-state index is 5.88. The Balaban J connectivity index is 3.06. The summed E-state index contributed by atoms with van der Waals surface area (Å²) in [4.78, 5) is 0. The van der Waals surface area contributed by atoms with Crippen LogP contribution in [0.2, 0.25) is 0 Å². The van der Waals surface area contributed by atoms with Gasteiger partial charge in [0.2, 0.25) is 0 Å². The Labute approximate surface area is 97.9 Å². The van der Waals surface area contributed by atoms with E-state index in [1.165, 1.54) is 0 Å². The van der Waals surface area contributed by atoms with Gasteiger partial charge in [-0.15, -0.1) is 0 Å². The Bertz CT molecular complexity index is 301. The van der Waals surface area contributed by atoms with Crippen molar-refractivity contribution in [3.8, 4) is 0 Å². The summed E-state index contributed by atoms with van der Waals surface area (Å²) in [5.74, 6) is 0. The zero-order valence-electron chi connectivity index (χ0n) is 5.85. The fraction of sp³-hybridized carbons (Fsp3) is 0. The third-order valence-electron chi connectivity index (χ3n) is 1.27. The van der Waals surface area contributed by atoms with E-state index in [0.29, 0.717) is 8.97 Å². The first kappa shape index (κ1) is 10.6. The van der Waals surface area contributed by atoms with E-state index < -0.39 is 0 Å². The molecule has 0 fully saturated rings. The van der Waals surface area contributed by atoms with E-state index in [1.54, 1.807) is 0 Å². The molecule has 63 valence electrons. The van der Waals surface area contributed by atoms with Crippen LogP contribution in [0.3, 0.4) is 0 Å². The molecule has 0 nitrogen and oxygen atoms in total. The second-order valence-corrected chi connectivity index (χ2v) is 5.09. The summed E-state index contributed by atoms with van der Waals surface area (Å²) < 4.78 is 1.51. The van der Waals surface area contributed by atoms with Gasteiger partial charge in [-0.05, 0) is 0 Å². The van der Waals surface area contributed by atoms with Crippen LogP contribution in [0.5, 0.6) is 0 Å². The molecule has 0 aromatic heterocycles. The van der Waals surface area contributed by atoms with Crippen molar-refractivity contribution >= 4 is 64.6 Å². The molecule has 1 rings (SSSR count). The van der Waals surface area contributed by atoms with Crippen LogP contribution in [0.1, 0.15) is 5.56 Å². The van der Waals surface area contributed by atoms with Crippen molar-refractivity contribution in [1.29, 1.82) is 0 Å². The minimum absolute atomic E-state index is 0.428. The maximum absolute atomic E-state index is 5.88. The van der Waals surface area contributed by atoms with E-state index in [-0.39, 0.29) is 0 Å². The van der Waals surface area contributed by atoms with Crippen LogP contribution in [0.15, 0.2) is 28.2 Å². The van der Waals surface area contributed by atoms with Crippen molar-refractivity contribution in [3.63, 3.8) is 0 Å². The van der Waals surface area contributed by atoms with Gasteiger partial charge in [-0.1, -0.05) is 0 Å². The minimum atomic E-state index is 0.428. The van der Waals surface area contributed by atoms with Crippen molar-refractivity contribution in [2.24, 2.45) is 0 Å². The third kappa shape index (κ3) is 2.79. The fourth-order valence-corrected chi connectivity index (χ4v) is 1.46. The molecule has 0 spiro atoms. The second kappa shape index (κ2) is 4.69. The topological polar surface area (TPSA) is 0 Å². The Kier molecular flexibility index (Phi) is 4.15. The fourth-order valence-electron chi connectivity index (χ4n) is 0.710. The first-order chi connectivity index (χ1) is 5.61. The second-order valence-electron chi connectivity index (χ2n) is 2.10. The van der Waals surface area contributed by atoms with Crippen molar-refractivity contribution in [2.45, 2.75) is 0 Å². The van der Waals surface area contributed by atoms with E-state index in [1.807, 2.05) is 24.3 Å². The van der Waals surface area contributed by atoms with Crippen molar-refractivity contribution in [1.82, 2.24) is 0 Å². The number of halogens is 3. The van der Waals surface area contributed by atoms with Gasteiger partial charge in [0.05, 0.1) is 0 Å². The molecule has 0 aliphatic heterocycles. The molecule has 0 amide bonds. The normalized spacial score (nSPS) is 12.6. The molecule has 1 aromatic carbocycles. The van der Waals surface area contributed by atoms with E-state index in [9.17, 15) is 0 Å². The average Bonchev–Trinajstić information content (AvgIpc) is 2.04. The quantitative estimate of drug-likeness (QED) is 0.695.